The van der Waals surface area contributed by atoms with Crippen LogP contribution in [-0.2, 0) is 30.6 Å². The van der Waals surface area contributed by atoms with Gasteiger partial charge < -0.3 is 10.2 Å². The van der Waals surface area contributed by atoms with Crippen LogP contribution in [-0.4, -0.2) is 52.0 Å². The second kappa shape index (κ2) is 12.7. The van der Waals surface area contributed by atoms with Crippen molar-refractivity contribution in [2.45, 2.75) is 11.5 Å². The Bertz CT molecular complexity index is 1510. The van der Waals surface area contributed by atoms with Gasteiger partial charge in [0.05, 0.1) is 17.0 Å². The zero-order chi connectivity index (χ0) is 25.6. The standard InChI is InChI=1S/C18H20N4O2S.C7H7ClO2S.ClH/c23-25(24,14-15-4-2-1-3-5-15)22-11-7-16-17(22)6-8-20-18(16)21-12-9-19-10-13-21;8-11(9,10)6-7-4-2-1-3-5-7;/h1-8,11,19H,9-10,12-14H2;1-5H,6H2;1H. The highest BCUT2D eigenvalue weighted by Gasteiger charge is 2.21. The molecule has 37 heavy (non-hydrogen) atoms. The van der Waals surface area contributed by atoms with Gasteiger partial charge in [0.15, 0.2) is 0 Å². The van der Waals surface area contributed by atoms with E-state index in [0.29, 0.717) is 11.1 Å². The molecule has 4 aromatic rings. The highest BCUT2D eigenvalue weighted by atomic mass is 35.7. The number of pyridine rings is 1. The van der Waals surface area contributed by atoms with E-state index in [1.165, 1.54) is 3.97 Å². The molecule has 0 unspecified atom stereocenters. The molecule has 1 N–H and O–H groups in total. The van der Waals surface area contributed by atoms with Gasteiger partial charge in [-0.25, -0.2) is 25.8 Å². The van der Waals surface area contributed by atoms with Gasteiger partial charge in [-0.15, -0.1) is 12.4 Å². The number of piperazine rings is 1. The predicted molar refractivity (Wildman–Crippen MR) is 151 cm³/mol. The van der Waals surface area contributed by atoms with Crippen molar-refractivity contribution in [2.24, 2.45) is 0 Å². The first-order valence-corrected chi connectivity index (χ1v) is 15.5. The van der Waals surface area contributed by atoms with Gasteiger partial charge in [0.25, 0.3) is 0 Å². The van der Waals surface area contributed by atoms with E-state index in [9.17, 15) is 16.8 Å². The SMILES string of the molecule is Cl.O=S(=O)(Cc1ccccc1)n1ccc2c(N3CCNCC3)nccc21.O=S(=O)(Cl)Cc1ccccc1. The van der Waals surface area contributed by atoms with Crippen molar-refractivity contribution in [3.63, 3.8) is 0 Å². The van der Waals surface area contributed by atoms with Gasteiger partial charge in [0.1, 0.15) is 5.82 Å². The Morgan fingerprint density at radius 2 is 1.38 bits per heavy atom. The van der Waals surface area contributed by atoms with Crippen LogP contribution in [0.2, 0.25) is 0 Å². The lowest BCUT2D eigenvalue weighted by Gasteiger charge is -2.28. The second-order valence-corrected chi connectivity index (χ2v) is 12.9. The first-order valence-electron chi connectivity index (χ1n) is 11.4. The Labute approximate surface area is 228 Å². The molecule has 0 saturated carbocycles. The average molecular weight is 584 g/mol. The number of anilines is 1. The highest BCUT2D eigenvalue weighted by Crippen LogP contribution is 2.27. The van der Waals surface area contributed by atoms with Gasteiger partial charge >= 0.3 is 0 Å². The molecule has 0 amide bonds. The van der Waals surface area contributed by atoms with Crippen molar-refractivity contribution < 1.29 is 16.8 Å². The molecule has 0 radical (unpaired) electrons. The monoisotopic (exact) mass is 582 g/mol. The van der Waals surface area contributed by atoms with Crippen LogP contribution < -0.4 is 10.2 Å². The Morgan fingerprint density at radius 3 is 1.95 bits per heavy atom. The molecule has 2 aromatic heterocycles. The molecule has 1 fully saturated rings. The summed E-state index contributed by atoms with van der Waals surface area (Å²) in [7, 11) is -1.85. The second-order valence-electron chi connectivity index (χ2n) is 8.33. The minimum absolute atomic E-state index is 0. The summed E-state index contributed by atoms with van der Waals surface area (Å²) in [4.78, 5) is 6.70. The molecule has 1 saturated heterocycles. The zero-order valence-corrected chi connectivity index (χ0v) is 23.1. The van der Waals surface area contributed by atoms with Crippen molar-refractivity contribution in [3.8, 4) is 0 Å². The molecule has 2 aromatic carbocycles. The maximum absolute atomic E-state index is 12.9. The van der Waals surface area contributed by atoms with Crippen LogP contribution in [0.1, 0.15) is 11.1 Å². The maximum Gasteiger partial charge on any atom is 0.243 e. The van der Waals surface area contributed by atoms with Crippen molar-refractivity contribution in [1.82, 2.24) is 14.3 Å². The summed E-state index contributed by atoms with van der Waals surface area (Å²) in [6, 6.07) is 21.7. The number of benzene rings is 2. The summed E-state index contributed by atoms with van der Waals surface area (Å²) in [6.07, 6.45) is 3.32. The van der Waals surface area contributed by atoms with Crippen molar-refractivity contribution in [3.05, 3.63) is 96.3 Å². The number of hydrogen-bond donors (Lipinski definition) is 1. The number of rotatable bonds is 6. The van der Waals surface area contributed by atoms with Gasteiger partial charge in [0, 0.05) is 54.6 Å². The molecule has 0 atom stereocenters. The zero-order valence-electron chi connectivity index (χ0n) is 19.9. The Kier molecular flexibility index (Phi) is 9.97. The number of halogens is 2. The molecule has 0 spiro atoms. The van der Waals surface area contributed by atoms with Gasteiger partial charge in [0.2, 0.25) is 19.1 Å². The molecule has 3 heterocycles. The topological polar surface area (TPSA) is 101 Å². The molecule has 0 bridgehead atoms. The fourth-order valence-corrected chi connectivity index (χ4v) is 6.45. The summed E-state index contributed by atoms with van der Waals surface area (Å²) in [5, 5.41) is 4.19. The average Bonchev–Trinajstić information content (AvgIpc) is 3.31. The summed E-state index contributed by atoms with van der Waals surface area (Å²) < 4.78 is 48.3. The molecule has 198 valence electrons. The van der Waals surface area contributed by atoms with Gasteiger partial charge in [-0.3, -0.25) is 0 Å². The van der Waals surface area contributed by atoms with Crippen molar-refractivity contribution in [2.75, 3.05) is 31.1 Å². The summed E-state index contributed by atoms with van der Waals surface area (Å²) in [5.74, 6) is 0.728. The van der Waals surface area contributed by atoms with E-state index in [1.54, 1.807) is 42.7 Å². The van der Waals surface area contributed by atoms with Crippen molar-refractivity contribution >= 4 is 58.9 Å². The Morgan fingerprint density at radius 1 is 0.811 bits per heavy atom. The normalized spacial score (nSPS) is 13.9. The number of nitrogens with zero attached hydrogens (tertiary/aromatic N) is 3. The number of nitrogens with one attached hydrogen (secondary N) is 1. The summed E-state index contributed by atoms with van der Waals surface area (Å²) >= 11 is 0. The fraction of sp³-hybridized carbons (Fsp3) is 0.240. The third-order valence-electron chi connectivity index (χ3n) is 5.65. The first kappa shape index (κ1) is 28.9. The predicted octanol–water partition coefficient (Wildman–Crippen LogP) is 4.00. The van der Waals surface area contributed by atoms with Gasteiger partial charge in [-0.05, 0) is 23.3 Å². The van der Waals surface area contributed by atoms with Crippen LogP contribution in [0.25, 0.3) is 10.9 Å². The van der Waals surface area contributed by atoms with Crippen LogP contribution in [0, 0.1) is 0 Å². The fourth-order valence-electron chi connectivity index (χ4n) is 4.03. The molecule has 12 heteroatoms. The highest BCUT2D eigenvalue weighted by molar-refractivity contribution is 8.13. The quantitative estimate of drug-likeness (QED) is 0.343. The lowest BCUT2D eigenvalue weighted by Crippen LogP contribution is -2.43. The van der Waals surface area contributed by atoms with E-state index in [1.807, 2.05) is 42.5 Å². The molecular weight excluding hydrogens is 555 g/mol. The third kappa shape index (κ3) is 7.93. The molecule has 1 aliphatic heterocycles. The van der Waals surface area contributed by atoms with E-state index in [0.717, 1.165) is 42.9 Å². The lowest BCUT2D eigenvalue weighted by atomic mass is 10.2. The van der Waals surface area contributed by atoms with E-state index >= 15 is 0 Å². The molecule has 8 nitrogen and oxygen atoms in total. The minimum Gasteiger partial charge on any atom is -0.354 e. The third-order valence-corrected chi connectivity index (χ3v) is 8.27. The van der Waals surface area contributed by atoms with Crippen LogP contribution in [0.15, 0.2) is 85.2 Å². The molecule has 0 aliphatic carbocycles. The first-order chi connectivity index (χ1) is 17.2. The van der Waals surface area contributed by atoms with Crippen LogP contribution in [0.5, 0.6) is 0 Å². The van der Waals surface area contributed by atoms with E-state index in [4.69, 9.17) is 10.7 Å². The van der Waals surface area contributed by atoms with Crippen LogP contribution >= 0.6 is 23.1 Å². The molecule has 5 rings (SSSR count). The summed E-state index contributed by atoms with van der Waals surface area (Å²) in [6.45, 7) is 3.55. The van der Waals surface area contributed by atoms with Crippen LogP contribution in [0.4, 0.5) is 5.82 Å². The molecular formula is C25H28Cl2N4O4S2. The Hall–Kier alpha value is -2.63. The largest absolute Gasteiger partial charge is 0.354 e. The number of hydrogen-bond acceptors (Lipinski definition) is 7. The minimum atomic E-state index is -3.49. The van der Waals surface area contributed by atoms with Gasteiger partial charge in [-0.2, -0.15) is 0 Å². The summed E-state index contributed by atoms with van der Waals surface area (Å²) in [5.41, 5.74) is 2.17. The van der Waals surface area contributed by atoms with E-state index in [2.05, 4.69) is 15.2 Å². The number of fused-ring (bicyclic) bond motifs is 1. The van der Waals surface area contributed by atoms with E-state index in [-0.39, 0.29) is 23.9 Å². The van der Waals surface area contributed by atoms with Crippen molar-refractivity contribution in [1.29, 1.82) is 0 Å². The van der Waals surface area contributed by atoms with E-state index < -0.39 is 19.1 Å². The number of aromatic nitrogens is 2. The molecule has 1 aliphatic rings. The van der Waals surface area contributed by atoms with Crippen LogP contribution in [0.3, 0.4) is 0 Å². The smallest absolute Gasteiger partial charge is 0.243 e. The van der Waals surface area contributed by atoms with Gasteiger partial charge in [-0.1, -0.05) is 60.7 Å². The maximum atomic E-state index is 12.9. The Balaban J connectivity index is 0.000000269. The lowest BCUT2D eigenvalue weighted by molar-refractivity contribution is 0.586.